The molecule has 0 bridgehead atoms. The number of hydrogen-bond acceptors (Lipinski definition) is 4. The second kappa shape index (κ2) is 7.79. The van der Waals surface area contributed by atoms with Gasteiger partial charge in [0.2, 0.25) is 5.91 Å². The molecule has 2 amide bonds. The first kappa shape index (κ1) is 19.5. The van der Waals surface area contributed by atoms with Gasteiger partial charge in [0.25, 0.3) is 0 Å². The molecule has 9 heteroatoms. The zero-order valence-electron chi connectivity index (χ0n) is 14.9. The van der Waals surface area contributed by atoms with Crippen LogP contribution in [-0.2, 0) is 15.7 Å². The van der Waals surface area contributed by atoms with E-state index in [0.29, 0.717) is 24.5 Å². The molecule has 0 saturated carbocycles. The Morgan fingerprint density at radius 3 is 2.46 bits per heavy atom. The van der Waals surface area contributed by atoms with E-state index < -0.39 is 29.8 Å². The van der Waals surface area contributed by atoms with Crippen molar-refractivity contribution in [2.45, 2.75) is 19.1 Å². The van der Waals surface area contributed by atoms with Gasteiger partial charge in [-0.1, -0.05) is 6.07 Å². The molecule has 1 fully saturated rings. The van der Waals surface area contributed by atoms with E-state index in [2.05, 4.69) is 10.6 Å². The number of ether oxygens (including phenoxy) is 1. The van der Waals surface area contributed by atoms with Gasteiger partial charge in [-0.3, -0.25) is 9.69 Å². The van der Waals surface area contributed by atoms with E-state index in [1.54, 1.807) is 31.2 Å². The van der Waals surface area contributed by atoms with Gasteiger partial charge in [-0.05, 0) is 49.4 Å². The molecule has 0 aliphatic carbocycles. The summed E-state index contributed by atoms with van der Waals surface area (Å²) in [7, 11) is 0. The highest BCUT2D eigenvalue weighted by Gasteiger charge is 2.30. The van der Waals surface area contributed by atoms with Crippen molar-refractivity contribution in [2.24, 2.45) is 0 Å². The standard InChI is InChI=1S/C19H18F3N3O3/c1-12(17(26)24-14-7-5-13(6-8-14)19(20,21)22)23-15-3-2-4-16(11-15)25-9-10-28-18(25)27/h2-8,11-12,23H,9-10H2,1H3,(H,24,26). The lowest BCUT2D eigenvalue weighted by atomic mass is 10.2. The molecule has 0 aromatic heterocycles. The minimum Gasteiger partial charge on any atom is -0.447 e. The lowest BCUT2D eigenvalue weighted by Crippen LogP contribution is -2.32. The highest BCUT2D eigenvalue weighted by atomic mass is 19.4. The molecule has 6 nitrogen and oxygen atoms in total. The Morgan fingerprint density at radius 2 is 1.86 bits per heavy atom. The molecule has 28 heavy (non-hydrogen) atoms. The average Bonchev–Trinajstić information content (AvgIpc) is 3.07. The van der Waals surface area contributed by atoms with Gasteiger partial charge in [0, 0.05) is 17.1 Å². The van der Waals surface area contributed by atoms with Crippen LogP contribution in [0.3, 0.4) is 0 Å². The Kier molecular flexibility index (Phi) is 5.43. The first-order valence-electron chi connectivity index (χ1n) is 8.53. The third-order valence-corrected chi connectivity index (χ3v) is 4.17. The van der Waals surface area contributed by atoms with E-state index in [4.69, 9.17) is 4.74 Å². The molecule has 1 heterocycles. The zero-order valence-corrected chi connectivity index (χ0v) is 14.9. The fourth-order valence-corrected chi connectivity index (χ4v) is 2.70. The molecular weight excluding hydrogens is 375 g/mol. The van der Waals surface area contributed by atoms with E-state index in [1.165, 1.54) is 17.0 Å². The van der Waals surface area contributed by atoms with Crippen LogP contribution >= 0.6 is 0 Å². The normalized spacial score (nSPS) is 15.1. The SMILES string of the molecule is CC(Nc1cccc(N2CCOC2=O)c1)C(=O)Nc1ccc(C(F)(F)F)cc1. The third-order valence-electron chi connectivity index (χ3n) is 4.17. The molecule has 1 saturated heterocycles. The molecule has 0 spiro atoms. The lowest BCUT2D eigenvalue weighted by molar-refractivity contribution is -0.137. The fourth-order valence-electron chi connectivity index (χ4n) is 2.70. The van der Waals surface area contributed by atoms with Crippen LogP contribution in [-0.4, -0.2) is 31.2 Å². The number of nitrogens with one attached hydrogen (secondary N) is 2. The molecule has 1 atom stereocenters. The highest BCUT2D eigenvalue weighted by Crippen LogP contribution is 2.30. The zero-order chi connectivity index (χ0) is 20.3. The van der Waals surface area contributed by atoms with Gasteiger partial charge in [-0.2, -0.15) is 13.2 Å². The maximum atomic E-state index is 12.6. The quantitative estimate of drug-likeness (QED) is 0.802. The molecule has 0 radical (unpaired) electrons. The van der Waals surface area contributed by atoms with E-state index in [0.717, 1.165) is 12.1 Å². The Hall–Kier alpha value is -3.23. The van der Waals surface area contributed by atoms with E-state index in [9.17, 15) is 22.8 Å². The second-order valence-corrected chi connectivity index (χ2v) is 6.25. The van der Waals surface area contributed by atoms with Crippen molar-refractivity contribution in [2.75, 3.05) is 28.7 Å². The van der Waals surface area contributed by atoms with Gasteiger partial charge >= 0.3 is 12.3 Å². The summed E-state index contributed by atoms with van der Waals surface area (Å²) < 4.78 is 42.7. The summed E-state index contributed by atoms with van der Waals surface area (Å²) in [5, 5.41) is 5.57. The number of carbonyl (C=O) groups is 2. The predicted molar refractivity (Wildman–Crippen MR) is 98.3 cm³/mol. The summed E-state index contributed by atoms with van der Waals surface area (Å²) in [5.74, 6) is -0.411. The molecule has 2 aromatic rings. The summed E-state index contributed by atoms with van der Waals surface area (Å²) in [4.78, 5) is 25.5. The van der Waals surface area contributed by atoms with Crippen molar-refractivity contribution in [3.05, 3.63) is 54.1 Å². The largest absolute Gasteiger partial charge is 0.447 e. The molecule has 2 N–H and O–H groups in total. The van der Waals surface area contributed by atoms with Crippen LogP contribution in [0.15, 0.2) is 48.5 Å². The number of carbonyl (C=O) groups excluding carboxylic acids is 2. The topological polar surface area (TPSA) is 70.7 Å². The van der Waals surface area contributed by atoms with Crippen molar-refractivity contribution in [3.8, 4) is 0 Å². The Morgan fingerprint density at radius 1 is 1.14 bits per heavy atom. The molecule has 1 aliphatic rings. The van der Waals surface area contributed by atoms with Crippen LogP contribution in [0.5, 0.6) is 0 Å². The molecule has 1 aliphatic heterocycles. The van der Waals surface area contributed by atoms with Crippen LogP contribution in [0.1, 0.15) is 12.5 Å². The smallest absolute Gasteiger partial charge is 0.416 e. The van der Waals surface area contributed by atoms with Gasteiger partial charge in [-0.15, -0.1) is 0 Å². The van der Waals surface area contributed by atoms with Crippen molar-refractivity contribution >= 4 is 29.1 Å². The maximum absolute atomic E-state index is 12.6. The summed E-state index contributed by atoms with van der Waals surface area (Å²) in [6, 6.07) is 10.5. The van der Waals surface area contributed by atoms with Crippen LogP contribution < -0.4 is 15.5 Å². The number of benzene rings is 2. The predicted octanol–water partition coefficient (Wildman–Crippen LogP) is 4.10. The van der Waals surface area contributed by atoms with Crippen LogP contribution in [0, 0.1) is 0 Å². The molecular formula is C19H18F3N3O3. The highest BCUT2D eigenvalue weighted by molar-refractivity contribution is 5.96. The molecule has 1 unspecified atom stereocenters. The van der Waals surface area contributed by atoms with Gasteiger partial charge in [-0.25, -0.2) is 4.79 Å². The van der Waals surface area contributed by atoms with Gasteiger partial charge in [0.1, 0.15) is 12.6 Å². The maximum Gasteiger partial charge on any atom is 0.416 e. The van der Waals surface area contributed by atoms with E-state index >= 15 is 0 Å². The average molecular weight is 393 g/mol. The minimum atomic E-state index is -4.43. The van der Waals surface area contributed by atoms with Crippen molar-refractivity contribution in [1.29, 1.82) is 0 Å². The summed E-state index contributed by atoms with van der Waals surface area (Å²) in [6.45, 7) is 2.39. The van der Waals surface area contributed by atoms with E-state index in [1.807, 2.05) is 0 Å². The van der Waals surface area contributed by atoms with Crippen LogP contribution in [0.25, 0.3) is 0 Å². The minimum absolute atomic E-state index is 0.264. The van der Waals surface area contributed by atoms with Crippen LogP contribution in [0.4, 0.5) is 35.0 Å². The number of alkyl halides is 3. The Labute approximate surface area is 159 Å². The van der Waals surface area contributed by atoms with Crippen molar-refractivity contribution < 1.29 is 27.5 Å². The number of nitrogens with zero attached hydrogens (tertiary/aromatic N) is 1. The lowest BCUT2D eigenvalue weighted by Gasteiger charge is -2.18. The number of anilines is 3. The van der Waals surface area contributed by atoms with Gasteiger partial charge in [0.05, 0.1) is 12.1 Å². The van der Waals surface area contributed by atoms with Crippen molar-refractivity contribution in [1.82, 2.24) is 0 Å². The first-order valence-corrected chi connectivity index (χ1v) is 8.53. The number of cyclic esters (lactones) is 1. The molecule has 148 valence electrons. The number of hydrogen-bond donors (Lipinski definition) is 2. The summed E-state index contributed by atoms with van der Waals surface area (Å²) >= 11 is 0. The summed E-state index contributed by atoms with van der Waals surface area (Å²) in [5.41, 5.74) is 0.740. The number of amides is 2. The fraction of sp³-hybridized carbons (Fsp3) is 0.263. The van der Waals surface area contributed by atoms with Gasteiger partial charge < -0.3 is 15.4 Å². The number of halogens is 3. The van der Waals surface area contributed by atoms with Crippen LogP contribution in [0.2, 0.25) is 0 Å². The number of rotatable bonds is 5. The third kappa shape index (κ3) is 4.54. The first-order chi connectivity index (χ1) is 13.2. The monoisotopic (exact) mass is 393 g/mol. The van der Waals surface area contributed by atoms with Gasteiger partial charge in [0.15, 0.2) is 0 Å². The molecule has 2 aromatic carbocycles. The van der Waals surface area contributed by atoms with Crippen molar-refractivity contribution in [3.63, 3.8) is 0 Å². The Bertz CT molecular complexity index is 869. The van der Waals surface area contributed by atoms with E-state index in [-0.39, 0.29) is 5.69 Å². The summed E-state index contributed by atoms with van der Waals surface area (Å²) in [6.07, 6.45) is -4.85. The molecule has 3 rings (SSSR count). The second-order valence-electron chi connectivity index (χ2n) is 6.25. The Balaban J connectivity index is 1.62.